The largest absolute Gasteiger partial charge is 0.347 e. The predicted molar refractivity (Wildman–Crippen MR) is 96.6 cm³/mol. The van der Waals surface area contributed by atoms with Gasteiger partial charge in [-0.25, -0.2) is 13.5 Å². The molecule has 2 amide bonds. The molecule has 1 aliphatic rings. The molecule has 0 saturated carbocycles. The van der Waals surface area contributed by atoms with E-state index in [4.69, 9.17) is 0 Å². The van der Waals surface area contributed by atoms with Crippen molar-refractivity contribution >= 4 is 11.8 Å². The van der Waals surface area contributed by atoms with Crippen molar-refractivity contribution in [2.75, 3.05) is 27.2 Å². The second kappa shape index (κ2) is 8.42. The Morgan fingerprint density at radius 2 is 2.11 bits per heavy atom. The number of benzene rings is 1. The maximum atomic E-state index is 13.6. The first-order chi connectivity index (χ1) is 13.3. The third-order valence-electron chi connectivity index (χ3n) is 4.74. The number of rotatable bonds is 5. The van der Waals surface area contributed by atoms with Crippen molar-refractivity contribution in [1.29, 1.82) is 0 Å². The Kier molecular flexibility index (Phi) is 5.98. The number of aromatic nitrogens is 3. The summed E-state index contributed by atoms with van der Waals surface area (Å²) >= 11 is 0. The average Bonchev–Trinajstić information content (AvgIpc) is 3.13. The molecule has 2 heterocycles. The van der Waals surface area contributed by atoms with Gasteiger partial charge in [0, 0.05) is 32.6 Å². The van der Waals surface area contributed by atoms with Crippen LogP contribution in [-0.4, -0.2) is 64.9 Å². The highest BCUT2D eigenvalue weighted by Crippen LogP contribution is 2.27. The summed E-state index contributed by atoms with van der Waals surface area (Å²) in [5.41, 5.74) is 0.715. The normalized spacial score (nSPS) is 19.3. The van der Waals surface area contributed by atoms with Gasteiger partial charge in [0.1, 0.15) is 6.54 Å². The van der Waals surface area contributed by atoms with Crippen LogP contribution in [-0.2, 0) is 11.3 Å². The van der Waals surface area contributed by atoms with Gasteiger partial charge < -0.3 is 15.5 Å². The number of nitrogens with one attached hydrogen (secondary N) is 2. The van der Waals surface area contributed by atoms with Crippen LogP contribution in [0.3, 0.4) is 0 Å². The molecular formula is C18H22F2N6O2. The lowest BCUT2D eigenvalue weighted by molar-refractivity contribution is -0.129. The molecule has 8 nitrogen and oxygen atoms in total. The fourth-order valence-electron chi connectivity index (χ4n) is 3.15. The Labute approximate surface area is 160 Å². The number of hydrogen-bond donors (Lipinski definition) is 2. The van der Waals surface area contributed by atoms with Gasteiger partial charge in [0.15, 0.2) is 17.3 Å². The smallest absolute Gasteiger partial charge is 0.273 e. The minimum atomic E-state index is -0.908. The van der Waals surface area contributed by atoms with Crippen LogP contribution in [0.15, 0.2) is 24.4 Å². The number of piperidine rings is 1. The lowest BCUT2D eigenvalue weighted by atomic mass is 9.86. The van der Waals surface area contributed by atoms with Gasteiger partial charge in [-0.1, -0.05) is 11.3 Å². The molecule has 1 saturated heterocycles. The molecule has 3 rings (SSSR count). The van der Waals surface area contributed by atoms with E-state index in [1.54, 1.807) is 14.1 Å². The van der Waals surface area contributed by atoms with Crippen LogP contribution in [0.1, 0.15) is 28.4 Å². The Balaban J connectivity index is 1.70. The van der Waals surface area contributed by atoms with Crippen LogP contribution >= 0.6 is 0 Å². The molecule has 10 heteroatoms. The van der Waals surface area contributed by atoms with Crippen LogP contribution in [0.25, 0.3) is 0 Å². The molecule has 2 unspecified atom stereocenters. The predicted octanol–water partition coefficient (Wildman–Crippen LogP) is 0.520. The first kappa shape index (κ1) is 19.9. The molecule has 2 atom stereocenters. The van der Waals surface area contributed by atoms with E-state index < -0.39 is 17.5 Å². The fraction of sp³-hybridized carbons (Fsp3) is 0.444. The van der Waals surface area contributed by atoms with Gasteiger partial charge >= 0.3 is 0 Å². The van der Waals surface area contributed by atoms with E-state index in [9.17, 15) is 18.4 Å². The van der Waals surface area contributed by atoms with E-state index in [1.807, 2.05) is 0 Å². The van der Waals surface area contributed by atoms with E-state index in [1.165, 1.54) is 27.9 Å². The summed E-state index contributed by atoms with van der Waals surface area (Å²) in [5.74, 6) is -2.58. The topological polar surface area (TPSA) is 92.2 Å². The monoisotopic (exact) mass is 392 g/mol. The van der Waals surface area contributed by atoms with Crippen molar-refractivity contribution < 1.29 is 18.4 Å². The summed E-state index contributed by atoms with van der Waals surface area (Å²) in [5, 5.41) is 13.7. The number of hydrogen-bond acceptors (Lipinski definition) is 5. The Morgan fingerprint density at radius 3 is 2.82 bits per heavy atom. The third kappa shape index (κ3) is 4.50. The van der Waals surface area contributed by atoms with Crippen molar-refractivity contribution in [3.63, 3.8) is 0 Å². The van der Waals surface area contributed by atoms with Crippen LogP contribution in [0.2, 0.25) is 0 Å². The van der Waals surface area contributed by atoms with E-state index in [0.717, 1.165) is 6.07 Å². The van der Waals surface area contributed by atoms with Gasteiger partial charge in [0.05, 0.1) is 6.20 Å². The molecule has 1 aromatic carbocycles. The highest BCUT2D eigenvalue weighted by Gasteiger charge is 2.29. The molecule has 0 radical (unpaired) electrons. The molecule has 1 fully saturated rings. The van der Waals surface area contributed by atoms with Gasteiger partial charge in [0.2, 0.25) is 5.91 Å². The summed E-state index contributed by atoms with van der Waals surface area (Å²) in [4.78, 5) is 25.7. The molecule has 2 N–H and O–H groups in total. The van der Waals surface area contributed by atoms with Crippen LogP contribution < -0.4 is 10.6 Å². The first-order valence-corrected chi connectivity index (χ1v) is 8.92. The lowest BCUT2D eigenvalue weighted by Crippen LogP contribution is -2.50. The van der Waals surface area contributed by atoms with E-state index in [-0.39, 0.29) is 30.1 Å². The molecule has 0 aliphatic carbocycles. The number of halogens is 2. The zero-order valence-corrected chi connectivity index (χ0v) is 15.7. The standard InChI is InChI=1S/C18H22F2N6O2/c1-25(2)17(27)10-26-9-16(23-24-26)18(28)22-15-8-21-6-5-12(15)11-3-4-13(19)14(20)7-11/h3-4,7,9,12,15,21H,5-6,8,10H2,1-2H3,(H,22,28). The van der Waals surface area contributed by atoms with Crippen LogP contribution in [0.4, 0.5) is 8.78 Å². The van der Waals surface area contributed by atoms with E-state index in [0.29, 0.717) is 25.1 Å². The zero-order chi connectivity index (χ0) is 20.3. The highest BCUT2D eigenvalue weighted by atomic mass is 19.2. The number of amides is 2. The summed E-state index contributed by atoms with van der Waals surface area (Å²) in [6, 6.07) is 3.49. The van der Waals surface area contributed by atoms with Gasteiger partial charge in [-0.3, -0.25) is 9.59 Å². The van der Waals surface area contributed by atoms with E-state index in [2.05, 4.69) is 20.9 Å². The van der Waals surface area contributed by atoms with Crippen molar-refractivity contribution in [2.24, 2.45) is 0 Å². The number of likely N-dealkylation sites (N-methyl/N-ethyl adjacent to an activating group) is 1. The Bertz CT molecular complexity index is 870. The molecule has 0 spiro atoms. The summed E-state index contributed by atoms with van der Waals surface area (Å²) in [7, 11) is 3.25. The molecule has 28 heavy (non-hydrogen) atoms. The maximum absolute atomic E-state index is 13.6. The Morgan fingerprint density at radius 1 is 1.32 bits per heavy atom. The number of carbonyl (C=O) groups excluding carboxylic acids is 2. The molecular weight excluding hydrogens is 370 g/mol. The van der Waals surface area contributed by atoms with Crippen molar-refractivity contribution in [1.82, 2.24) is 30.5 Å². The molecule has 0 bridgehead atoms. The second-order valence-electron chi connectivity index (χ2n) is 6.94. The highest BCUT2D eigenvalue weighted by molar-refractivity contribution is 5.92. The number of nitrogens with zero attached hydrogens (tertiary/aromatic N) is 4. The van der Waals surface area contributed by atoms with Crippen molar-refractivity contribution in [2.45, 2.75) is 24.9 Å². The summed E-state index contributed by atoms with van der Waals surface area (Å²) in [6.45, 7) is 1.18. The van der Waals surface area contributed by atoms with Gasteiger partial charge in [0.25, 0.3) is 5.91 Å². The summed E-state index contributed by atoms with van der Waals surface area (Å²) in [6.07, 6.45) is 2.07. The van der Waals surface area contributed by atoms with Crippen LogP contribution in [0.5, 0.6) is 0 Å². The second-order valence-corrected chi connectivity index (χ2v) is 6.94. The quantitative estimate of drug-likeness (QED) is 0.774. The third-order valence-corrected chi connectivity index (χ3v) is 4.74. The first-order valence-electron chi connectivity index (χ1n) is 8.92. The van der Waals surface area contributed by atoms with Crippen LogP contribution in [0, 0.1) is 11.6 Å². The molecule has 1 aliphatic heterocycles. The van der Waals surface area contributed by atoms with Gasteiger partial charge in [-0.15, -0.1) is 5.10 Å². The SMILES string of the molecule is CN(C)C(=O)Cn1cc(C(=O)NC2CNCCC2c2ccc(F)c(F)c2)nn1. The minimum absolute atomic E-state index is 0.0181. The minimum Gasteiger partial charge on any atom is -0.347 e. The lowest BCUT2D eigenvalue weighted by Gasteiger charge is -2.33. The van der Waals surface area contributed by atoms with Gasteiger partial charge in [-0.2, -0.15) is 0 Å². The van der Waals surface area contributed by atoms with E-state index >= 15 is 0 Å². The van der Waals surface area contributed by atoms with Crippen molar-refractivity contribution in [3.8, 4) is 0 Å². The fourth-order valence-corrected chi connectivity index (χ4v) is 3.15. The average molecular weight is 392 g/mol. The Hall–Kier alpha value is -2.88. The maximum Gasteiger partial charge on any atom is 0.273 e. The zero-order valence-electron chi connectivity index (χ0n) is 15.7. The van der Waals surface area contributed by atoms with Gasteiger partial charge in [-0.05, 0) is 30.7 Å². The molecule has 1 aromatic heterocycles. The molecule has 2 aromatic rings. The number of carbonyl (C=O) groups is 2. The van der Waals surface area contributed by atoms with Crippen molar-refractivity contribution in [3.05, 3.63) is 47.3 Å². The summed E-state index contributed by atoms with van der Waals surface area (Å²) < 4.78 is 28.2. The molecule has 150 valence electrons.